The average molecular weight is 633 g/mol. The molecule has 6 N–H and O–H groups in total. The van der Waals surface area contributed by atoms with Crippen LogP contribution < -0.4 is 21.7 Å². The number of hydrogen-bond acceptors (Lipinski definition) is 7. The van der Waals surface area contributed by atoms with Crippen LogP contribution in [0.4, 0.5) is 0 Å². The fraction of sp³-hybridized carbons (Fsp3) is 0.946. The van der Waals surface area contributed by atoms with Gasteiger partial charge in [-0.1, -0.05) is 54.4 Å². The van der Waals surface area contributed by atoms with E-state index in [0.29, 0.717) is 42.7 Å². The summed E-state index contributed by atoms with van der Waals surface area (Å²) in [5.74, 6) is 2.19. The first kappa shape index (κ1) is 36.6. The van der Waals surface area contributed by atoms with Gasteiger partial charge in [0.1, 0.15) is 6.10 Å². The van der Waals surface area contributed by atoms with Gasteiger partial charge >= 0.3 is 5.97 Å². The molecule has 0 aromatic rings. The third-order valence-corrected chi connectivity index (χ3v) is 13.8. The molecule has 0 aliphatic heterocycles. The molecule has 0 radical (unpaired) electrons. The number of ether oxygens (including phenoxy) is 1. The molecule has 0 bridgehead atoms. The van der Waals surface area contributed by atoms with E-state index in [-0.39, 0.29) is 52.2 Å². The van der Waals surface area contributed by atoms with Crippen LogP contribution in [0.3, 0.4) is 0 Å². The fourth-order valence-corrected chi connectivity index (χ4v) is 11.4. The van der Waals surface area contributed by atoms with Crippen LogP contribution in [0.2, 0.25) is 0 Å². The summed E-state index contributed by atoms with van der Waals surface area (Å²) in [5.41, 5.74) is 5.87. The maximum absolute atomic E-state index is 14.1. The average Bonchev–Trinajstić information content (AvgIpc) is 3.26. The summed E-state index contributed by atoms with van der Waals surface area (Å²) < 4.78 is 6.24. The maximum Gasteiger partial charge on any atom is 0.302 e. The molecule has 0 aromatic heterocycles. The Morgan fingerprint density at radius 2 is 1.60 bits per heavy atom. The van der Waals surface area contributed by atoms with Crippen molar-refractivity contribution in [2.45, 2.75) is 125 Å². The molecular formula is C37H68N4O4. The first-order valence-corrected chi connectivity index (χ1v) is 18.5. The van der Waals surface area contributed by atoms with Gasteiger partial charge in [0.25, 0.3) is 0 Å². The van der Waals surface area contributed by atoms with Crippen LogP contribution in [-0.4, -0.2) is 68.5 Å². The number of aliphatic hydroxyl groups excluding tert-OH is 1. The third-order valence-electron chi connectivity index (χ3n) is 13.8. The van der Waals surface area contributed by atoms with Gasteiger partial charge < -0.3 is 31.5 Å². The Labute approximate surface area is 274 Å². The zero-order chi connectivity index (χ0) is 33.0. The third kappa shape index (κ3) is 7.44. The maximum atomic E-state index is 14.1. The molecule has 3 unspecified atom stereocenters. The number of fused-ring (bicyclic) bond motifs is 5. The van der Waals surface area contributed by atoms with Crippen LogP contribution in [0.5, 0.6) is 0 Å². The lowest BCUT2D eigenvalue weighted by Gasteiger charge is -2.68. The van der Waals surface area contributed by atoms with E-state index in [1.54, 1.807) is 0 Å². The Morgan fingerprint density at radius 1 is 0.911 bits per heavy atom. The van der Waals surface area contributed by atoms with Crippen molar-refractivity contribution in [2.24, 2.45) is 63.4 Å². The van der Waals surface area contributed by atoms with Gasteiger partial charge in [-0.05, 0) is 97.2 Å². The minimum atomic E-state index is -0.229. The summed E-state index contributed by atoms with van der Waals surface area (Å²) in [5, 5.41) is 20.8. The monoisotopic (exact) mass is 633 g/mol. The van der Waals surface area contributed by atoms with Crippen molar-refractivity contribution in [3.05, 3.63) is 0 Å². The van der Waals surface area contributed by atoms with Gasteiger partial charge in [0.15, 0.2) is 0 Å². The van der Waals surface area contributed by atoms with E-state index < -0.39 is 0 Å². The van der Waals surface area contributed by atoms with Crippen LogP contribution in [0.25, 0.3) is 0 Å². The van der Waals surface area contributed by atoms with Gasteiger partial charge in [0, 0.05) is 58.0 Å². The van der Waals surface area contributed by atoms with Gasteiger partial charge in [-0.3, -0.25) is 9.59 Å². The van der Waals surface area contributed by atoms with E-state index in [1.807, 2.05) is 0 Å². The Kier molecular flexibility index (Phi) is 12.5. The molecule has 8 heteroatoms. The smallest absolute Gasteiger partial charge is 0.302 e. The fourth-order valence-electron chi connectivity index (χ4n) is 11.4. The molecule has 4 fully saturated rings. The molecule has 0 spiro atoms. The summed E-state index contributed by atoms with van der Waals surface area (Å²) in [7, 11) is 0. The lowest BCUT2D eigenvalue weighted by Crippen LogP contribution is -2.62. The second-order valence-corrected chi connectivity index (χ2v) is 16.6. The molecule has 11 atom stereocenters. The molecule has 0 saturated heterocycles. The number of carbonyl (C=O) groups excluding carboxylic acids is 2. The first-order valence-electron chi connectivity index (χ1n) is 18.5. The minimum Gasteiger partial charge on any atom is -0.462 e. The van der Waals surface area contributed by atoms with Gasteiger partial charge in [-0.25, -0.2) is 0 Å². The number of aliphatic hydroxyl groups is 1. The van der Waals surface area contributed by atoms with Crippen molar-refractivity contribution in [2.75, 3.05) is 39.3 Å². The predicted octanol–water partition coefficient (Wildman–Crippen LogP) is 4.88. The minimum absolute atomic E-state index is 0.0113. The Balaban J connectivity index is 1.57. The Bertz CT molecular complexity index is 993. The van der Waals surface area contributed by atoms with Crippen molar-refractivity contribution >= 4 is 11.9 Å². The highest BCUT2D eigenvalue weighted by Crippen LogP contribution is 2.74. The van der Waals surface area contributed by atoms with Gasteiger partial charge in [0.05, 0.1) is 6.10 Å². The summed E-state index contributed by atoms with van der Waals surface area (Å²) >= 11 is 0. The highest BCUT2D eigenvalue weighted by molar-refractivity contribution is 5.79. The summed E-state index contributed by atoms with van der Waals surface area (Å²) in [4.78, 5) is 26.7. The van der Waals surface area contributed by atoms with Crippen LogP contribution in [0.1, 0.15) is 113 Å². The number of carbonyl (C=O) groups is 2. The summed E-state index contributed by atoms with van der Waals surface area (Å²) in [6.07, 6.45) is 9.92. The lowest BCUT2D eigenvalue weighted by atomic mass is 9.37. The van der Waals surface area contributed by atoms with Crippen LogP contribution >= 0.6 is 0 Å². The SMILES string of the molecule is CC(=O)O[C@H]1C[C@@]2(C)C(CCC3[C@@]4(C)CC[C@@H](O)[C@@H](C)C4CC[C@@]32C)[C@@H]1[C@H](CCCC(C)C)C(=O)NCCNCCNCCN. The van der Waals surface area contributed by atoms with E-state index in [4.69, 9.17) is 10.5 Å². The number of nitrogens with one attached hydrogen (secondary N) is 3. The quantitative estimate of drug-likeness (QED) is 0.129. The summed E-state index contributed by atoms with van der Waals surface area (Å²) in [6, 6.07) is 0. The number of esters is 1. The zero-order valence-electron chi connectivity index (χ0n) is 29.8. The molecule has 0 aromatic carbocycles. The lowest BCUT2D eigenvalue weighted by molar-refractivity contribution is -0.203. The van der Waals surface area contributed by atoms with Crippen molar-refractivity contribution in [1.82, 2.24) is 16.0 Å². The topological polar surface area (TPSA) is 126 Å². The first-order chi connectivity index (χ1) is 21.3. The molecule has 45 heavy (non-hydrogen) atoms. The Morgan fingerprint density at radius 3 is 2.27 bits per heavy atom. The van der Waals surface area contributed by atoms with Crippen molar-refractivity contribution in [1.29, 1.82) is 0 Å². The van der Waals surface area contributed by atoms with Crippen LogP contribution in [-0.2, 0) is 14.3 Å². The summed E-state index contributed by atoms with van der Waals surface area (Å²) in [6.45, 7) is 20.3. The highest BCUT2D eigenvalue weighted by Gasteiger charge is 2.70. The van der Waals surface area contributed by atoms with Gasteiger partial charge in [-0.2, -0.15) is 0 Å². The van der Waals surface area contributed by atoms with Gasteiger partial charge in [-0.15, -0.1) is 0 Å². The molecule has 4 aliphatic carbocycles. The molecular weight excluding hydrogens is 564 g/mol. The van der Waals surface area contributed by atoms with Crippen molar-refractivity contribution in [3.63, 3.8) is 0 Å². The molecule has 8 nitrogen and oxygen atoms in total. The normalized spacial score (nSPS) is 39.9. The molecule has 0 heterocycles. The van der Waals surface area contributed by atoms with Crippen LogP contribution in [0, 0.1) is 57.7 Å². The highest BCUT2D eigenvalue weighted by atomic mass is 16.5. The molecule has 260 valence electrons. The number of rotatable bonds is 15. The number of amides is 1. The largest absolute Gasteiger partial charge is 0.462 e. The van der Waals surface area contributed by atoms with E-state index in [2.05, 4.69) is 57.5 Å². The van der Waals surface area contributed by atoms with Gasteiger partial charge in [0.2, 0.25) is 5.91 Å². The standard InChI is InChI=1S/C37H68N4O4/c1-24(2)9-8-10-27(34(44)41-22-21-40-20-19-39-18-17-38)33-29-11-12-32-35(5)15-14-30(43)25(3)28(35)13-16-36(32,6)37(29,7)23-31(33)45-26(4)42/h24-25,27-33,39-40,43H,8-23,38H2,1-7H3,(H,41,44)/t25-,27-,28?,29?,30+,31-,32?,33-,35-,36-,37-/m0/s1. The number of hydrogen-bond donors (Lipinski definition) is 5. The second-order valence-electron chi connectivity index (χ2n) is 16.6. The van der Waals surface area contributed by atoms with Crippen LogP contribution in [0.15, 0.2) is 0 Å². The Hall–Kier alpha value is -1.22. The van der Waals surface area contributed by atoms with E-state index in [0.717, 1.165) is 90.4 Å². The molecule has 4 aliphatic rings. The van der Waals surface area contributed by atoms with Crippen molar-refractivity contribution < 1.29 is 19.4 Å². The molecule has 4 saturated carbocycles. The van der Waals surface area contributed by atoms with E-state index >= 15 is 0 Å². The molecule has 1 amide bonds. The molecule has 4 rings (SSSR count). The predicted molar refractivity (Wildman–Crippen MR) is 181 cm³/mol. The number of nitrogens with two attached hydrogens (primary N) is 1. The van der Waals surface area contributed by atoms with E-state index in [1.165, 1.54) is 6.92 Å². The van der Waals surface area contributed by atoms with E-state index in [9.17, 15) is 14.7 Å². The zero-order valence-corrected chi connectivity index (χ0v) is 29.8. The van der Waals surface area contributed by atoms with Crippen molar-refractivity contribution in [3.8, 4) is 0 Å². The second kappa shape index (κ2) is 15.3.